The number of halogens is 3. The fourth-order valence-corrected chi connectivity index (χ4v) is 3.91. The zero-order chi connectivity index (χ0) is 27.0. The van der Waals surface area contributed by atoms with E-state index < -0.39 is 42.1 Å². The Bertz CT molecular complexity index is 1180. The summed E-state index contributed by atoms with van der Waals surface area (Å²) in [6.45, 7) is 1.92. The van der Waals surface area contributed by atoms with Gasteiger partial charge in [0.15, 0.2) is 0 Å². The lowest BCUT2D eigenvalue weighted by Crippen LogP contribution is -2.42. The van der Waals surface area contributed by atoms with E-state index in [1.807, 2.05) is 0 Å². The average molecular weight is 521 g/mol. The number of amides is 3. The van der Waals surface area contributed by atoms with E-state index in [0.717, 1.165) is 6.07 Å². The van der Waals surface area contributed by atoms with E-state index in [1.165, 1.54) is 42.5 Å². The van der Waals surface area contributed by atoms with Crippen LogP contribution in [0.4, 0.5) is 13.2 Å². The van der Waals surface area contributed by atoms with Gasteiger partial charge in [0.25, 0.3) is 5.91 Å². The molecular weight excluding hydrogens is 493 g/mol. The molecule has 198 valence electrons. The third-order valence-electron chi connectivity index (χ3n) is 5.66. The summed E-state index contributed by atoms with van der Waals surface area (Å²) in [6.07, 6.45) is -1.14. The molecule has 1 aliphatic rings. The van der Waals surface area contributed by atoms with Crippen LogP contribution < -0.4 is 16.0 Å². The van der Waals surface area contributed by atoms with E-state index >= 15 is 0 Å². The highest BCUT2D eigenvalue weighted by atomic mass is 19.4. The zero-order valence-corrected chi connectivity index (χ0v) is 20.0. The smallest absolute Gasteiger partial charge is 0.417 e. The number of H-pyrrole nitrogens is 1. The van der Waals surface area contributed by atoms with Crippen LogP contribution in [0.25, 0.3) is 11.3 Å². The van der Waals surface area contributed by atoms with Crippen LogP contribution in [-0.4, -0.2) is 54.4 Å². The van der Waals surface area contributed by atoms with Crippen LogP contribution >= 0.6 is 0 Å². The standard InChI is InChI=1S/C25H27F3N4O5/c1-2-37-22(34)10-7-16(13-15-11-12-29-23(15)35)31-21(33)14-30-24(36)20-9-8-19(32-20)17-5-3-4-6-18(17)25(26,27)28/h3-10,15-16,32H,2,11-14H2,1H3,(H,29,35)(H,30,36)(H,31,33)/b10-7+. The molecule has 2 atom stereocenters. The van der Waals surface area contributed by atoms with Crippen molar-refractivity contribution < 1.29 is 37.1 Å². The minimum atomic E-state index is -4.57. The summed E-state index contributed by atoms with van der Waals surface area (Å²) in [5.41, 5.74) is -0.886. The first-order valence-electron chi connectivity index (χ1n) is 11.6. The number of carbonyl (C=O) groups is 4. The highest BCUT2D eigenvalue weighted by molar-refractivity contribution is 5.96. The number of esters is 1. The third-order valence-corrected chi connectivity index (χ3v) is 5.66. The highest BCUT2D eigenvalue weighted by Crippen LogP contribution is 2.36. The number of rotatable bonds is 10. The summed E-state index contributed by atoms with van der Waals surface area (Å²) in [4.78, 5) is 51.2. The average Bonchev–Trinajstić information content (AvgIpc) is 3.50. The molecule has 1 fully saturated rings. The molecule has 0 aliphatic carbocycles. The van der Waals surface area contributed by atoms with Gasteiger partial charge in [-0.1, -0.05) is 24.3 Å². The molecule has 2 heterocycles. The first kappa shape index (κ1) is 27.5. The number of hydrogen-bond acceptors (Lipinski definition) is 5. The third kappa shape index (κ3) is 7.69. The van der Waals surface area contributed by atoms with E-state index in [-0.39, 0.29) is 41.8 Å². The molecular formula is C25H27F3N4O5. The van der Waals surface area contributed by atoms with Crippen LogP contribution in [0.1, 0.15) is 35.8 Å². The van der Waals surface area contributed by atoms with Crippen LogP contribution in [-0.2, 0) is 25.3 Å². The maximum Gasteiger partial charge on any atom is 0.417 e. The molecule has 4 N–H and O–H groups in total. The second-order valence-corrected chi connectivity index (χ2v) is 8.31. The van der Waals surface area contributed by atoms with Crippen LogP contribution in [0.5, 0.6) is 0 Å². The van der Waals surface area contributed by atoms with Gasteiger partial charge in [-0.25, -0.2) is 4.79 Å². The van der Waals surface area contributed by atoms with Gasteiger partial charge in [-0.05, 0) is 38.0 Å². The Labute approximate surface area is 210 Å². The summed E-state index contributed by atoms with van der Waals surface area (Å²) >= 11 is 0. The fraction of sp³-hybridized carbons (Fsp3) is 0.360. The summed E-state index contributed by atoms with van der Waals surface area (Å²) < 4.78 is 44.8. The van der Waals surface area contributed by atoms with Crippen LogP contribution in [0, 0.1) is 5.92 Å². The summed E-state index contributed by atoms with van der Waals surface area (Å²) in [7, 11) is 0. The minimum absolute atomic E-state index is 0.0267. The quantitative estimate of drug-likeness (QED) is 0.283. The van der Waals surface area contributed by atoms with Crippen molar-refractivity contribution in [3.05, 3.63) is 59.8 Å². The summed E-state index contributed by atoms with van der Waals surface area (Å²) in [5, 5.41) is 7.77. The lowest BCUT2D eigenvalue weighted by molar-refractivity contribution is -0.138. The van der Waals surface area contributed by atoms with Crippen LogP contribution in [0.2, 0.25) is 0 Å². The van der Waals surface area contributed by atoms with Gasteiger partial charge in [-0.2, -0.15) is 13.2 Å². The molecule has 2 aromatic rings. The molecule has 9 nitrogen and oxygen atoms in total. The number of alkyl halides is 3. The largest absolute Gasteiger partial charge is 0.463 e. The Morgan fingerprint density at radius 3 is 2.62 bits per heavy atom. The van der Waals surface area contributed by atoms with Crippen molar-refractivity contribution in [1.82, 2.24) is 20.9 Å². The Kier molecular flexibility index (Phi) is 9.10. The van der Waals surface area contributed by atoms with Crippen molar-refractivity contribution in [1.29, 1.82) is 0 Å². The van der Waals surface area contributed by atoms with Crippen molar-refractivity contribution in [2.24, 2.45) is 5.92 Å². The molecule has 12 heteroatoms. The van der Waals surface area contributed by atoms with Crippen molar-refractivity contribution in [3.63, 3.8) is 0 Å². The topological polar surface area (TPSA) is 129 Å². The first-order chi connectivity index (χ1) is 17.6. The number of aromatic nitrogens is 1. The Morgan fingerprint density at radius 2 is 1.95 bits per heavy atom. The molecule has 0 bridgehead atoms. The molecule has 1 aromatic heterocycles. The predicted octanol–water partition coefficient (Wildman–Crippen LogP) is 2.56. The van der Waals surface area contributed by atoms with Crippen LogP contribution in [0.3, 0.4) is 0 Å². The lowest BCUT2D eigenvalue weighted by Gasteiger charge is -2.18. The van der Waals surface area contributed by atoms with Crippen molar-refractivity contribution in [2.75, 3.05) is 19.7 Å². The molecule has 2 unspecified atom stereocenters. The van der Waals surface area contributed by atoms with Crippen molar-refractivity contribution in [3.8, 4) is 11.3 Å². The fourth-order valence-electron chi connectivity index (χ4n) is 3.91. The van der Waals surface area contributed by atoms with Gasteiger partial charge in [0.2, 0.25) is 11.8 Å². The summed E-state index contributed by atoms with van der Waals surface area (Å²) in [6, 6.07) is 6.97. The monoisotopic (exact) mass is 520 g/mol. The number of aromatic amines is 1. The first-order valence-corrected chi connectivity index (χ1v) is 11.6. The molecule has 1 saturated heterocycles. The number of nitrogens with one attached hydrogen (secondary N) is 4. The molecule has 37 heavy (non-hydrogen) atoms. The molecule has 0 spiro atoms. The zero-order valence-electron chi connectivity index (χ0n) is 20.0. The van der Waals surface area contributed by atoms with Gasteiger partial charge in [0.1, 0.15) is 5.69 Å². The van der Waals surface area contributed by atoms with E-state index in [1.54, 1.807) is 6.92 Å². The number of ether oxygens (including phenoxy) is 1. The summed E-state index contributed by atoms with van der Waals surface area (Å²) in [5.74, 6) is -2.37. The second kappa shape index (κ2) is 12.2. The van der Waals surface area contributed by atoms with Gasteiger partial charge in [0, 0.05) is 35.8 Å². The maximum atomic E-state index is 13.3. The van der Waals surface area contributed by atoms with Crippen molar-refractivity contribution in [2.45, 2.75) is 32.0 Å². The predicted molar refractivity (Wildman–Crippen MR) is 127 cm³/mol. The molecule has 0 saturated carbocycles. The van der Waals surface area contributed by atoms with Crippen molar-refractivity contribution >= 4 is 23.7 Å². The van der Waals surface area contributed by atoms with Gasteiger partial charge in [-0.3, -0.25) is 14.4 Å². The number of benzene rings is 1. The molecule has 1 aliphatic heterocycles. The lowest BCUT2D eigenvalue weighted by atomic mass is 9.98. The number of carbonyl (C=O) groups excluding carboxylic acids is 4. The van der Waals surface area contributed by atoms with Gasteiger partial charge in [-0.15, -0.1) is 0 Å². The van der Waals surface area contributed by atoms with E-state index in [9.17, 15) is 32.3 Å². The van der Waals surface area contributed by atoms with Gasteiger partial charge >= 0.3 is 12.1 Å². The van der Waals surface area contributed by atoms with Gasteiger partial charge < -0.3 is 25.7 Å². The minimum Gasteiger partial charge on any atom is -0.463 e. The molecule has 0 radical (unpaired) electrons. The Morgan fingerprint density at radius 1 is 1.19 bits per heavy atom. The number of hydrogen-bond donors (Lipinski definition) is 4. The Hall–Kier alpha value is -4.09. The normalized spacial score (nSPS) is 16.3. The SMILES string of the molecule is CCOC(=O)/C=C/C(CC1CCNC1=O)NC(=O)CNC(=O)c1ccc(-c2ccccc2C(F)(F)F)[nH]1. The highest BCUT2D eigenvalue weighted by Gasteiger charge is 2.33. The maximum absolute atomic E-state index is 13.3. The molecule has 3 rings (SSSR count). The van der Waals surface area contributed by atoms with E-state index in [0.29, 0.717) is 13.0 Å². The molecule has 1 aromatic carbocycles. The van der Waals surface area contributed by atoms with Gasteiger partial charge in [0.05, 0.1) is 18.7 Å². The van der Waals surface area contributed by atoms with Crippen LogP contribution in [0.15, 0.2) is 48.6 Å². The Balaban J connectivity index is 1.61. The molecule has 3 amide bonds. The van der Waals surface area contributed by atoms with E-state index in [4.69, 9.17) is 4.74 Å². The second-order valence-electron chi connectivity index (χ2n) is 8.31. The van der Waals surface area contributed by atoms with E-state index in [2.05, 4.69) is 20.9 Å².